The molecule has 0 radical (unpaired) electrons. The highest BCUT2D eigenvalue weighted by Crippen LogP contribution is 2.33. The third kappa shape index (κ3) is 4.47. The van der Waals surface area contributed by atoms with Crippen molar-refractivity contribution in [2.75, 3.05) is 5.32 Å². The largest absolute Gasteiger partial charge is 0.416 e. The van der Waals surface area contributed by atoms with Crippen molar-refractivity contribution in [3.63, 3.8) is 0 Å². The summed E-state index contributed by atoms with van der Waals surface area (Å²) in [6, 6.07) is 9.93. The summed E-state index contributed by atoms with van der Waals surface area (Å²) < 4.78 is 38.8. The second-order valence-corrected chi connectivity index (χ2v) is 8.17. The van der Waals surface area contributed by atoms with Crippen LogP contribution in [0.4, 0.5) is 18.3 Å². The van der Waals surface area contributed by atoms with E-state index in [9.17, 15) is 22.8 Å². The summed E-state index contributed by atoms with van der Waals surface area (Å²) in [4.78, 5) is 32.7. The van der Waals surface area contributed by atoms with E-state index in [4.69, 9.17) is 11.6 Å². The third-order valence-corrected chi connectivity index (χ3v) is 5.83. The van der Waals surface area contributed by atoms with E-state index in [2.05, 4.69) is 15.3 Å². The molecule has 158 valence electrons. The molecule has 0 atom stereocenters. The molecule has 31 heavy (non-hydrogen) atoms. The first-order valence-electron chi connectivity index (χ1n) is 8.94. The number of nitrogens with one attached hydrogen (secondary N) is 2. The maximum absolute atomic E-state index is 12.9. The summed E-state index contributed by atoms with van der Waals surface area (Å²) in [5.74, 6) is -0.634. The van der Waals surface area contributed by atoms with E-state index >= 15 is 0 Å². The van der Waals surface area contributed by atoms with Gasteiger partial charge in [0.2, 0.25) is 5.43 Å². The number of carbonyl (C=O) groups excluding carboxylic acids is 1. The summed E-state index contributed by atoms with van der Waals surface area (Å²) in [5.41, 5.74) is -0.376. The zero-order chi connectivity index (χ0) is 22.2. The highest BCUT2D eigenvalue weighted by atomic mass is 35.5. The molecule has 4 rings (SSSR count). The predicted molar refractivity (Wildman–Crippen MR) is 114 cm³/mol. The van der Waals surface area contributed by atoms with Crippen LogP contribution in [0.25, 0.3) is 10.9 Å². The molecule has 0 spiro atoms. The highest BCUT2D eigenvalue weighted by molar-refractivity contribution is 7.15. The first-order valence-corrected chi connectivity index (χ1v) is 10.1. The first kappa shape index (κ1) is 21.1. The van der Waals surface area contributed by atoms with Crippen LogP contribution < -0.4 is 10.7 Å². The Morgan fingerprint density at radius 3 is 2.74 bits per heavy atom. The maximum atomic E-state index is 12.9. The SMILES string of the molecule is O=C(Nc1ncc(Cc2cc(C(F)(F)F)ccc2Cl)s1)c1c[nH]c2ccccc2c1=O. The number of amides is 1. The van der Waals surface area contributed by atoms with Gasteiger partial charge in [-0.25, -0.2) is 4.98 Å². The molecule has 2 N–H and O–H groups in total. The number of pyridine rings is 1. The normalized spacial score (nSPS) is 11.6. The molecule has 0 saturated carbocycles. The van der Waals surface area contributed by atoms with Gasteiger partial charge in [0.25, 0.3) is 5.91 Å². The zero-order valence-corrected chi connectivity index (χ0v) is 17.2. The maximum Gasteiger partial charge on any atom is 0.416 e. The zero-order valence-electron chi connectivity index (χ0n) is 15.6. The van der Waals surface area contributed by atoms with Crippen LogP contribution in [0.15, 0.2) is 59.7 Å². The van der Waals surface area contributed by atoms with Crippen LogP contribution in [0.3, 0.4) is 0 Å². The van der Waals surface area contributed by atoms with E-state index in [0.29, 0.717) is 21.3 Å². The van der Waals surface area contributed by atoms with Crippen molar-refractivity contribution < 1.29 is 18.0 Å². The average Bonchev–Trinajstić information content (AvgIpc) is 3.16. The van der Waals surface area contributed by atoms with Crippen molar-refractivity contribution in [3.05, 3.63) is 91.7 Å². The number of carbonyl (C=O) groups is 1. The van der Waals surface area contributed by atoms with Crippen LogP contribution in [-0.4, -0.2) is 15.9 Å². The quantitative estimate of drug-likeness (QED) is 0.419. The fourth-order valence-corrected chi connectivity index (χ4v) is 4.04. The Labute approximate surface area is 182 Å². The van der Waals surface area contributed by atoms with Gasteiger partial charge in [0.15, 0.2) is 5.13 Å². The van der Waals surface area contributed by atoms with E-state index in [1.54, 1.807) is 24.3 Å². The minimum absolute atomic E-state index is 0.0728. The van der Waals surface area contributed by atoms with Crippen molar-refractivity contribution >= 4 is 44.9 Å². The van der Waals surface area contributed by atoms with Gasteiger partial charge >= 0.3 is 6.18 Å². The van der Waals surface area contributed by atoms with Crippen LogP contribution in [-0.2, 0) is 12.6 Å². The monoisotopic (exact) mass is 463 g/mol. The molecule has 0 saturated heterocycles. The van der Waals surface area contributed by atoms with Gasteiger partial charge < -0.3 is 4.98 Å². The summed E-state index contributed by atoms with van der Waals surface area (Å²) >= 11 is 7.13. The van der Waals surface area contributed by atoms with E-state index in [1.807, 2.05) is 0 Å². The van der Waals surface area contributed by atoms with Gasteiger partial charge in [-0.3, -0.25) is 14.9 Å². The number of alkyl halides is 3. The van der Waals surface area contributed by atoms with Crippen molar-refractivity contribution in [1.29, 1.82) is 0 Å². The Bertz CT molecular complexity index is 1350. The molecular weight excluding hydrogens is 451 g/mol. The molecule has 0 aliphatic heterocycles. The number of fused-ring (bicyclic) bond motifs is 1. The number of thiazole rings is 1. The van der Waals surface area contributed by atoms with Gasteiger partial charge in [0, 0.05) is 39.6 Å². The summed E-state index contributed by atoms with van der Waals surface area (Å²) in [6.07, 6.45) is -1.58. The number of hydrogen-bond donors (Lipinski definition) is 2. The molecule has 0 aliphatic rings. The van der Waals surface area contributed by atoms with Crippen LogP contribution in [0.5, 0.6) is 0 Å². The lowest BCUT2D eigenvalue weighted by Gasteiger charge is -2.09. The number of aromatic amines is 1. The summed E-state index contributed by atoms with van der Waals surface area (Å²) in [5, 5.41) is 3.36. The van der Waals surface area contributed by atoms with Gasteiger partial charge in [-0.15, -0.1) is 11.3 Å². The standard InChI is InChI=1S/C21H13ClF3N3O2S/c22-16-6-5-12(21(23,24)25)7-11(16)8-13-9-27-20(31-13)28-19(30)15-10-26-17-4-2-1-3-14(17)18(15)29/h1-7,9-10H,8H2,(H,26,29)(H,27,28,30). The van der Waals surface area contributed by atoms with Gasteiger partial charge in [0.1, 0.15) is 5.56 Å². The Kier molecular flexibility index (Phi) is 5.55. The summed E-state index contributed by atoms with van der Waals surface area (Å²) in [6.45, 7) is 0. The van der Waals surface area contributed by atoms with Gasteiger partial charge in [-0.1, -0.05) is 23.7 Å². The molecular formula is C21H13ClF3N3O2S. The van der Waals surface area contributed by atoms with Crippen LogP contribution >= 0.6 is 22.9 Å². The van der Waals surface area contributed by atoms with Crippen LogP contribution in [0.1, 0.15) is 26.4 Å². The van der Waals surface area contributed by atoms with Crippen LogP contribution in [0, 0.1) is 0 Å². The molecule has 2 aromatic heterocycles. The molecule has 0 aliphatic carbocycles. The van der Waals surface area contributed by atoms with Crippen molar-refractivity contribution in [2.45, 2.75) is 12.6 Å². The Morgan fingerprint density at radius 1 is 1.19 bits per heavy atom. The lowest BCUT2D eigenvalue weighted by Crippen LogP contribution is -2.21. The van der Waals surface area contributed by atoms with Crippen molar-refractivity contribution in [2.24, 2.45) is 0 Å². The number of nitrogens with zero attached hydrogens (tertiary/aromatic N) is 1. The molecule has 4 aromatic rings. The van der Waals surface area contributed by atoms with E-state index in [1.165, 1.54) is 18.5 Å². The third-order valence-electron chi connectivity index (χ3n) is 4.54. The Hall–Kier alpha value is -3.17. The Morgan fingerprint density at radius 2 is 1.97 bits per heavy atom. The van der Waals surface area contributed by atoms with E-state index in [0.717, 1.165) is 23.5 Å². The first-order chi connectivity index (χ1) is 14.7. The molecule has 0 unspecified atom stereocenters. The molecule has 2 aromatic carbocycles. The molecule has 10 heteroatoms. The fraction of sp³-hybridized carbons (Fsp3) is 0.0952. The predicted octanol–water partition coefficient (Wildman–Crippen LogP) is 5.50. The van der Waals surface area contributed by atoms with Crippen molar-refractivity contribution in [1.82, 2.24) is 9.97 Å². The molecule has 0 fully saturated rings. The minimum Gasteiger partial charge on any atom is -0.360 e. The molecule has 1 amide bonds. The number of H-pyrrole nitrogens is 1. The number of aromatic nitrogens is 2. The van der Waals surface area contributed by atoms with E-state index < -0.39 is 23.1 Å². The van der Waals surface area contributed by atoms with E-state index in [-0.39, 0.29) is 22.1 Å². The number of rotatable bonds is 4. The molecule has 2 heterocycles. The number of anilines is 1. The number of hydrogen-bond acceptors (Lipinski definition) is 4. The lowest BCUT2D eigenvalue weighted by molar-refractivity contribution is -0.137. The number of halogens is 4. The minimum atomic E-state index is -4.47. The molecule has 5 nitrogen and oxygen atoms in total. The highest BCUT2D eigenvalue weighted by Gasteiger charge is 2.31. The summed E-state index contributed by atoms with van der Waals surface area (Å²) in [7, 11) is 0. The van der Waals surface area contributed by atoms with Crippen molar-refractivity contribution in [3.8, 4) is 0 Å². The fourth-order valence-electron chi connectivity index (χ4n) is 3.02. The second-order valence-electron chi connectivity index (χ2n) is 6.64. The van der Waals surface area contributed by atoms with Gasteiger partial charge in [0.05, 0.1) is 5.56 Å². The molecule has 0 bridgehead atoms. The van der Waals surface area contributed by atoms with Gasteiger partial charge in [-0.2, -0.15) is 13.2 Å². The average molecular weight is 464 g/mol. The van der Waals surface area contributed by atoms with Gasteiger partial charge in [-0.05, 0) is 35.9 Å². The van der Waals surface area contributed by atoms with Crippen LogP contribution in [0.2, 0.25) is 5.02 Å². The lowest BCUT2D eigenvalue weighted by atomic mass is 10.1. The second kappa shape index (κ2) is 8.16. The smallest absolute Gasteiger partial charge is 0.360 e. The Balaban J connectivity index is 1.53. The number of benzene rings is 2. The number of para-hydroxylation sites is 1. The topological polar surface area (TPSA) is 74.8 Å².